The first-order chi connectivity index (χ1) is 11.9. The van der Waals surface area contributed by atoms with Crippen LogP contribution in [0, 0.1) is 0 Å². The molecule has 0 bridgehead atoms. The fourth-order valence-corrected chi connectivity index (χ4v) is 2.14. The Morgan fingerprint density at radius 2 is 1.44 bits per heavy atom. The Bertz CT molecular complexity index is 814. The van der Waals surface area contributed by atoms with Crippen molar-refractivity contribution in [3.8, 4) is 0 Å². The minimum Gasteiger partial charge on any atom is -0.326 e. The van der Waals surface area contributed by atoms with Crippen molar-refractivity contribution in [1.82, 2.24) is 5.32 Å². The maximum absolute atomic E-state index is 12.5. The minimum absolute atomic E-state index is 0.128. The maximum atomic E-state index is 12.5. The van der Waals surface area contributed by atoms with Crippen LogP contribution in [0.15, 0.2) is 60.3 Å². The van der Waals surface area contributed by atoms with Gasteiger partial charge >= 0.3 is 0 Å². The molecule has 0 radical (unpaired) electrons. The Labute approximate surface area is 145 Å². The molecule has 25 heavy (non-hydrogen) atoms. The molecule has 2 rings (SSSR count). The van der Waals surface area contributed by atoms with E-state index in [0.29, 0.717) is 11.4 Å². The summed E-state index contributed by atoms with van der Waals surface area (Å²) in [4.78, 5) is 35.0. The van der Waals surface area contributed by atoms with E-state index in [-0.39, 0.29) is 17.5 Å². The Morgan fingerprint density at radius 3 is 2.04 bits per heavy atom. The standard InChI is InChI=1S/C19H19N3O3/c1-13(23)20-16-9-6-10-17(12-16)22-19(25)18(21-14(2)24)11-15-7-4-3-5-8-15/h3-12H,1-2H3,(H,20,23)(H,21,24)(H,22,25)/b18-11+. The van der Waals surface area contributed by atoms with Gasteiger partial charge in [0.2, 0.25) is 11.8 Å². The lowest BCUT2D eigenvalue weighted by Crippen LogP contribution is -2.29. The number of nitrogens with one attached hydrogen (secondary N) is 3. The van der Waals surface area contributed by atoms with Crippen molar-refractivity contribution in [2.45, 2.75) is 13.8 Å². The van der Waals surface area contributed by atoms with Crippen molar-refractivity contribution in [2.75, 3.05) is 10.6 Å². The number of amides is 3. The highest BCUT2D eigenvalue weighted by Crippen LogP contribution is 2.16. The first kappa shape index (κ1) is 17.9. The molecule has 0 saturated carbocycles. The molecule has 0 atom stereocenters. The van der Waals surface area contributed by atoms with Crippen molar-refractivity contribution in [3.63, 3.8) is 0 Å². The molecule has 0 saturated heterocycles. The van der Waals surface area contributed by atoms with Gasteiger partial charge in [-0.25, -0.2) is 0 Å². The third-order valence-electron chi connectivity index (χ3n) is 3.11. The second-order valence-electron chi connectivity index (χ2n) is 5.37. The van der Waals surface area contributed by atoms with E-state index in [2.05, 4.69) is 16.0 Å². The molecule has 6 heteroatoms. The van der Waals surface area contributed by atoms with E-state index >= 15 is 0 Å². The molecule has 0 aliphatic heterocycles. The molecule has 0 aromatic heterocycles. The molecule has 0 heterocycles. The molecule has 0 unspecified atom stereocenters. The van der Waals surface area contributed by atoms with E-state index in [1.807, 2.05) is 30.3 Å². The fraction of sp³-hybridized carbons (Fsp3) is 0.105. The summed E-state index contributed by atoms with van der Waals surface area (Å²) in [6.07, 6.45) is 1.59. The van der Waals surface area contributed by atoms with Crippen LogP contribution < -0.4 is 16.0 Å². The molecular formula is C19H19N3O3. The zero-order valence-corrected chi connectivity index (χ0v) is 14.0. The lowest BCUT2D eigenvalue weighted by atomic mass is 10.2. The molecule has 2 aromatic rings. The van der Waals surface area contributed by atoms with E-state index in [0.717, 1.165) is 5.56 Å². The maximum Gasteiger partial charge on any atom is 0.272 e. The van der Waals surface area contributed by atoms with Crippen LogP contribution in [-0.2, 0) is 14.4 Å². The zero-order valence-electron chi connectivity index (χ0n) is 14.0. The minimum atomic E-state index is -0.459. The van der Waals surface area contributed by atoms with Crippen molar-refractivity contribution in [3.05, 3.63) is 65.9 Å². The van der Waals surface area contributed by atoms with Gasteiger partial charge in [0, 0.05) is 25.2 Å². The molecule has 0 aliphatic carbocycles. The SMILES string of the molecule is CC(=O)N/C(=C/c1ccccc1)C(=O)Nc1cccc(NC(C)=O)c1. The van der Waals surface area contributed by atoms with Gasteiger partial charge in [-0.15, -0.1) is 0 Å². The molecule has 6 nitrogen and oxygen atoms in total. The predicted molar refractivity (Wildman–Crippen MR) is 97.6 cm³/mol. The lowest BCUT2D eigenvalue weighted by molar-refractivity contribution is -0.120. The average molecular weight is 337 g/mol. The largest absolute Gasteiger partial charge is 0.326 e. The molecule has 2 aromatic carbocycles. The van der Waals surface area contributed by atoms with E-state index in [1.54, 1.807) is 30.3 Å². The van der Waals surface area contributed by atoms with Crippen LogP contribution in [0.4, 0.5) is 11.4 Å². The second kappa shape index (κ2) is 8.44. The predicted octanol–water partition coefficient (Wildman–Crippen LogP) is 2.76. The quantitative estimate of drug-likeness (QED) is 0.733. The van der Waals surface area contributed by atoms with Crippen molar-refractivity contribution in [2.24, 2.45) is 0 Å². The summed E-state index contributed by atoms with van der Waals surface area (Å²) in [6, 6.07) is 15.9. The van der Waals surface area contributed by atoms with Gasteiger partial charge in [-0.2, -0.15) is 0 Å². The number of hydrogen-bond acceptors (Lipinski definition) is 3. The van der Waals surface area contributed by atoms with Gasteiger partial charge < -0.3 is 16.0 Å². The summed E-state index contributed by atoms with van der Waals surface area (Å²) in [7, 11) is 0. The smallest absolute Gasteiger partial charge is 0.272 e. The van der Waals surface area contributed by atoms with E-state index in [1.165, 1.54) is 13.8 Å². The van der Waals surface area contributed by atoms with Crippen LogP contribution in [0.2, 0.25) is 0 Å². The van der Waals surface area contributed by atoms with Crippen LogP contribution in [0.5, 0.6) is 0 Å². The fourth-order valence-electron chi connectivity index (χ4n) is 2.14. The highest BCUT2D eigenvalue weighted by molar-refractivity contribution is 6.08. The highest BCUT2D eigenvalue weighted by atomic mass is 16.2. The Hall–Kier alpha value is -3.41. The van der Waals surface area contributed by atoms with Gasteiger partial charge in [-0.3, -0.25) is 14.4 Å². The molecule has 3 amide bonds. The van der Waals surface area contributed by atoms with Crippen LogP contribution in [0.3, 0.4) is 0 Å². The van der Waals surface area contributed by atoms with Crippen molar-refractivity contribution in [1.29, 1.82) is 0 Å². The third-order valence-corrected chi connectivity index (χ3v) is 3.11. The van der Waals surface area contributed by atoms with Crippen LogP contribution in [0.25, 0.3) is 6.08 Å². The Balaban J connectivity index is 2.21. The van der Waals surface area contributed by atoms with Crippen molar-refractivity contribution < 1.29 is 14.4 Å². The monoisotopic (exact) mass is 337 g/mol. The first-order valence-corrected chi connectivity index (χ1v) is 7.67. The number of hydrogen-bond donors (Lipinski definition) is 3. The van der Waals surface area contributed by atoms with E-state index in [4.69, 9.17) is 0 Å². The van der Waals surface area contributed by atoms with Crippen LogP contribution in [-0.4, -0.2) is 17.7 Å². The molecule has 0 fully saturated rings. The van der Waals surface area contributed by atoms with E-state index in [9.17, 15) is 14.4 Å². The summed E-state index contributed by atoms with van der Waals surface area (Å²) in [6.45, 7) is 2.74. The zero-order chi connectivity index (χ0) is 18.2. The molecule has 0 spiro atoms. The van der Waals surface area contributed by atoms with E-state index < -0.39 is 5.91 Å². The molecule has 3 N–H and O–H groups in total. The lowest BCUT2D eigenvalue weighted by Gasteiger charge is -2.11. The Kier molecular flexibility index (Phi) is 6.06. The highest BCUT2D eigenvalue weighted by Gasteiger charge is 2.12. The van der Waals surface area contributed by atoms with Gasteiger partial charge in [-0.1, -0.05) is 36.4 Å². The number of benzene rings is 2. The summed E-state index contributed by atoms with van der Waals surface area (Å²) >= 11 is 0. The molecule has 0 aliphatic rings. The third kappa shape index (κ3) is 5.95. The van der Waals surface area contributed by atoms with Gasteiger partial charge in [0.15, 0.2) is 0 Å². The summed E-state index contributed by atoms with van der Waals surface area (Å²) in [5.74, 6) is -1.00. The number of anilines is 2. The van der Waals surface area contributed by atoms with Gasteiger partial charge in [0.05, 0.1) is 0 Å². The van der Waals surface area contributed by atoms with Crippen molar-refractivity contribution >= 4 is 35.2 Å². The summed E-state index contributed by atoms with van der Waals surface area (Å²) < 4.78 is 0. The molecular weight excluding hydrogens is 318 g/mol. The average Bonchev–Trinajstić information content (AvgIpc) is 2.54. The van der Waals surface area contributed by atoms with Gasteiger partial charge in [0.25, 0.3) is 5.91 Å². The summed E-state index contributed by atoms with van der Waals surface area (Å²) in [5.41, 5.74) is 1.98. The number of carbonyl (C=O) groups excluding carboxylic acids is 3. The van der Waals surface area contributed by atoms with Gasteiger partial charge in [-0.05, 0) is 29.8 Å². The number of carbonyl (C=O) groups is 3. The molecule has 128 valence electrons. The summed E-state index contributed by atoms with van der Waals surface area (Å²) in [5, 5.41) is 7.89. The topological polar surface area (TPSA) is 87.3 Å². The van der Waals surface area contributed by atoms with Gasteiger partial charge in [0.1, 0.15) is 5.70 Å². The van der Waals surface area contributed by atoms with Crippen LogP contribution >= 0.6 is 0 Å². The Morgan fingerprint density at radius 1 is 0.800 bits per heavy atom. The normalized spacial score (nSPS) is 10.7. The van der Waals surface area contributed by atoms with Crippen LogP contribution in [0.1, 0.15) is 19.4 Å². The number of rotatable bonds is 5. The second-order valence-corrected chi connectivity index (χ2v) is 5.37. The first-order valence-electron chi connectivity index (χ1n) is 7.67.